The highest BCUT2D eigenvalue weighted by Crippen LogP contribution is 2.12. The summed E-state index contributed by atoms with van der Waals surface area (Å²) in [7, 11) is 0. The summed E-state index contributed by atoms with van der Waals surface area (Å²) in [5.41, 5.74) is 8.42. The van der Waals surface area contributed by atoms with Crippen molar-refractivity contribution in [2.45, 2.75) is 12.8 Å². The van der Waals surface area contributed by atoms with E-state index in [1.165, 1.54) is 0 Å². The maximum atomic E-state index is 11.8. The summed E-state index contributed by atoms with van der Waals surface area (Å²) in [6.45, 7) is 0. The molecule has 0 radical (unpaired) electrons. The van der Waals surface area contributed by atoms with E-state index in [1.807, 2.05) is 36.4 Å². The van der Waals surface area contributed by atoms with Gasteiger partial charge in [0.1, 0.15) is 0 Å². The number of hydrogen-bond acceptors (Lipinski definition) is 3. The summed E-state index contributed by atoms with van der Waals surface area (Å²) in [6.07, 6.45) is 4.27. The minimum absolute atomic E-state index is 0.0141. The second-order valence-electron chi connectivity index (χ2n) is 4.98. The van der Waals surface area contributed by atoms with Gasteiger partial charge in [0, 0.05) is 18.8 Å². The molecule has 0 fully saturated rings. The molecular formula is C16H16N6O. The van der Waals surface area contributed by atoms with Gasteiger partial charge >= 0.3 is 0 Å². The molecule has 4 N–H and O–H groups in total. The number of aliphatic imine (C=N–C) groups is 1. The van der Waals surface area contributed by atoms with Crippen LogP contribution in [0.2, 0.25) is 0 Å². The molecule has 0 aliphatic rings. The number of para-hydroxylation sites is 2. The number of fused-ring (bicyclic) bond motifs is 1. The third-order valence-corrected chi connectivity index (χ3v) is 3.23. The molecule has 23 heavy (non-hydrogen) atoms. The number of guanidine groups is 1. The van der Waals surface area contributed by atoms with Gasteiger partial charge < -0.3 is 10.7 Å². The third kappa shape index (κ3) is 3.91. The van der Waals surface area contributed by atoms with Crippen LogP contribution >= 0.6 is 0 Å². The molecule has 0 unspecified atom stereocenters. The van der Waals surface area contributed by atoms with Gasteiger partial charge in [-0.1, -0.05) is 18.2 Å². The number of anilines is 1. The number of rotatable bonds is 4. The van der Waals surface area contributed by atoms with E-state index in [2.05, 4.69) is 25.3 Å². The lowest BCUT2D eigenvalue weighted by Crippen LogP contribution is -2.24. The first-order valence-electron chi connectivity index (χ1n) is 7.18. The van der Waals surface area contributed by atoms with Gasteiger partial charge in [-0.15, -0.1) is 0 Å². The van der Waals surface area contributed by atoms with Gasteiger partial charge in [-0.25, -0.2) is 4.98 Å². The Bertz CT molecular complexity index is 807. The Morgan fingerprint density at radius 1 is 1.26 bits per heavy atom. The Balaban J connectivity index is 1.59. The highest BCUT2D eigenvalue weighted by Gasteiger charge is 2.05. The van der Waals surface area contributed by atoms with E-state index in [1.54, 1.807) is 12.4 Å². The first-order chi connectivity index (χ1) is 11.2. The summed E-state index contributed by atoms with van der Waals surface area (Å²) in [5, 5.41) is 2.79. The number of nitrogens with one attached hydrogen (secondary N) is 2. The van der Waals surface area contributed by atoms with Crippen molar-refractivity contribution >= 4 is 28.8 Å². The van der Waals surface area contributed by atoms with E-state index in [0.717, 1.165) is 16.6 Å². The summed E-state index contributed by atoms with van der Waals surface area (Å²) in [5.74, 6) is 0.169. The van der Waals surface area contributed by atoms with Gasteiger partial charge in [0.2, 0.25) is 17.8 Å². The number of H-pyrrole nitrogens is 1. The van der Waals surface area contributed by atoms with E-state index in [0.29, 0.717) is 12.4 Å². The first-order valence-corrected chi connectivity index (χ1v) is 7.18. The molecule has 0 aliphatic heterocycles. The summed E-state index contributed by atoms with van der Waals surface area (Å²) in [6, 6.07) is 11.3. The largest absolute Gasteiger partial charge is 0.369 e. The van der Waals surface area contributed by atoms with Gasteiger partial charge in [0.25, 0.3) is 0 Å². The average Bonchev–Trinajstić information content (AvgIpc) is 2.96. The predicted octanol–water partition coefficient (Wildman–Crippen LogP) is 1.84. The van der Waals surface area contributed by atoms with Crippen molar-refractivity contribution in [2.75, 3.05) is 5.32 Å². The van der Waals surface area contributed by atoms with Gasteiger partial charge in [0.05, 0.1) is 11.0 Å². The van der Waals surface area contributed by atoms with E-state index in [-0.39, 0.29) is 18.3 Å². The zero-order valence-corrected chi connectivity index (χ0v) is 12.4. The van der Waals surface area contributed by atoms with Gasteiger partial charge in [-0.3, -0.25) is 15.1 Å². The Hall–Kier alpha value is -3.22. The molecule has 0 aliphatic carbocycles. The van der Waals surface area contributed by atoms with Crippen molar-refractivity contribution in [3.63, 3.8) is 0 Å². The molecule has 2 heterocycles. The zero-order valence-electron chi connectivity index (χ0n) is 12.4. The average molecular weight is 308 g/mol. The molecule has 116 valence electrons. The fourth-order valence-corrected chi connectivity index (χ4v) is 2.15. The number of imidazole rings is 1. The monoisotopic (exact) mass is 308 g/mol. The fourth-order valence-electron chi connectivity index (χ4n) is 2.15. The Morgan fingerprint density at radius 3 is 2.91 bits per heavy atom. The molecule has 0 atom stereocenters. The van der Waals surface area contributed by atoms with Crippen LogP contribution < -0.4 is 11.1 Å². The number of pyridine rings is 1. The van der Waals surface area contributed by atoms with Crippen LogP contribution in [0.1, 0.15) is 12.0 Å². The summed E-state index contributed by atoms with van der Waals surface area (Å²) < 4.78 is 0. The van der Waals surface area contributed by atoms with E-state index in [4.69, 9.17) is 5.73 Å². The number of aromatic nitrogens is 3. The fraction of sp³-hybridized carbons (Fsp3) is 0.125. The van der Waals surface area contributed by atoms with Crippen molar-refractivity contribution < 1.29 is 4.79 Å². The normalized spacial score (nSPS) is 11.6. The van der Waals surface area contributed by atoms with E-state index in [9.17, 15) is 4.79 Å². The SMILES string of the molecule is N/C(=N\C(=O)CCc1cccnc1)Nc1nc2ccccc2[nH]1. The highest BCUT2D eigenvalue weighted by molar-refractivity contribution is 5.99. The molecule has 0 saturated heterocycles. The van der Waals surface area contributed by atoms with Crippen LogP contribution in [-0.4, -0.2) is 26.8 Å². The number of aromatic amines is 1. The lowest BCUT2D eigenvalue weighted by molar-refractivity contribution is -0.117. The lowest BCUT2D eigenvalue weighted by Gasteiger charge is -2.01. The predicted molar refractivity (Wildman–Crippen MR) is 88.9 cm³/mol. The molecule has 7 nitrogen and oxygen atoms in total. The molecule has 1 aromatic carbocycles. The van der Waals surface area contributed by atoms with Crippen LogP contribution in [-0.2, 0) is 11.2 Å². The molecule has 3 rings (SSSR count). The van der Waals surface area contributed by atoms with Gasteiger partial charge in [0.15, 0.2) is 0 Å². The van der Waals surface area contributed by atoms with Crippen molar-refractivity contribution in [3.8, 4) is 0 Å². The molecule has 2 aromatic heterocycles. The van der Waals surface area contributed by atoms with E-state index >= 15 is 0 Å². The first kappa shape index (κ1) is 14.7. The molecule has 3 aromatic rings. The standard InChI is InChI=1S/C16H16N6O/c17-15(21-14(23)8-7-11-4-3-9-18-10-11)22-16-19-12-5-1-2-6-13(12)20-16/h1-6,9-10H,7-8H2,(H4,17,19,20,21,22,23). The number of amides is 1. The minimum atomic E-state index is -0.296. The Labute approximate surface area is 132 Å². The van der Waals surface area contributed by atoms with Crippen molar-refractivity contribution in [1.29, 1.82) is 0 Å². The van der Waals surface area contributed by atoms with Crippen molar-refractivity contribution in [1.82, 2.24) is 15.0 Å². The quantitative estimate of drug-likeness (QED) is 0.503. The summed E-state index contributed by atoms with van der Waals surface area (Å²) in [4.78, 5) is 27.0. The number of benzene rings is 1. The molecule has 0 spiro atoms. The third-order valence-electron chi connectivity index (χ3n) is 3.23. The zero-order chi connectivity index (χ0) is 16.1. The number of nitrogens with zero attached hydrogens (tertiary/aromatic N) is 3. The maximum Gasteiger partial charge on any atom is 0.249 e. The van der Waals surface area contributed by atoms with Gasteiger partial charge in [-0.2, -0.15) is 4.99 Å². The number of carbonyl (C=O) groups excluding carboxylic acids is 1. The van der Waals surface area contributed by atoms with Crippen LogP contribution in [0.4, 0.5) is 5.95 Å². The number of nitrogens with two attached hydrogens (primary N) is 1. The minimum Gasteiger partial charge on any atom is -0.369 e. The second kappa shape index (κ2) is 6.69. The molecule has 0 bridgehead atoms. The molecular weight excluding hydrogens is 292 g/mol. The van der Waals surface area contributed by atoms with Crippen LogP contribution in [0.5, 0.6) is 0 Å². The number of aryl methyl sites for hydroxylation is 1. The van der Waals surface area contributed by atoms with Crippen LogP contribution in [0, 0.1) is 0 Å². The molecule has 0 saturated carbocycles. The smallest absolute Gasteiger partial charge is 0.249 e. The van der Waals surface area contributed by atoms with Crippen LogP contribution in [0.3, 0.4) is 0 Å². The summed E-state index contributed by atoms with van der Waals surface area (Å²) >= 11 is 0. The maximum absolute atomic E-state index is 11.8. The van der Waals surface area contributed by atoms with Crippen LogP contribution in [0.15, 0.2) is 53.8 Å². The van der Waals surface area contributed by atoms with Crippen molar-refractivity contribution in [2.24, 2.45) is 10.7 Å². The highest BCUT2D eigenvalue weighted by atomic mass is 16.1. The molecule has 7 heteroatoms. The Morgan fingerprint density at radius 2 is 2.13 bits per heavy atom. The number of carbonyl (C=O) groups is 1. The molecule has 1 amide bonds. The van der Waals surface area contributed by atoms with E-state index < -0.39 is 0 Å². The lowest BCUT2D eigenvalue weighted by atomic mass is 10.1. The number of hydrogen-bond donors (Lipinski definition) is 3. The van der Waals surface area contributed by atoms with Crippen LogP contribution in [0.25, 0.3) is 11.0 Å². The Kier molecular flexibility index (Phi) is 4.28. The van der Waals surface area contributed by atoms with Gasteiger partial charge in [-0.05, 0) is 30.2 Å². The second-order valence-corrected chi connectivity index (χ2v) is 4.98. The van der Waals surface area contributed by atoms with Crippen molar-refractivity contribution in [3.05, 3.63) is 54.4 Å². The topological polar surface area (TPSA) is 109 Å².